The number of alkyl halides is 1. The first kappa shape index (κ1) is 34.6. The van der Waals surface area contributed by atoms with Gasteiger partial charge in [-0.3, -0.25) is 14.4 Å². The zero-order valence-corrected chi connectivity index (χ0v) is 26.9. The number of methoxy groups -OCH3 is 1. The predicted octanol–water partition coefficient (Wildman–Crippen LogP) is 3.13. The van der Waals surface area contributed by atoms with Crippen molar-refractivity contribution in [3.05, 3.63) is 65.7 Å². The molecule has 0 saturated carbocycles. The van der Waals surface area contributed by atoms with Crippen LogP contribution in [0.3, 0.4) is 0 Å². The van der Waals surface area contributed by atoms with Crippen molar-refractivity contribution in [2.24, 2.45) is 5.92 Å². The Morgan fingerprint density at radius 2 is 1.55 bits per heavy atom. The van der Waals surface area contributed by atoms with Crippen LogP contribution >= 0.6 is 15.9 Å². The number of halogens is 1. The molecule has 0 radical (unpaired) electrons. The minimum Gasteiger partial charge on any atom is -0.467 e. The normalized spacial score (nSPS) is 14.7. The SMILES string of the molecule is COC(=O)[C@H](Cc1ccc(OC(=O)N2CCC(NC(=O)Cc3ccccc3)CC2)cc1)NC(=O)[C@H](CC(C)C)NC(=O)CBr. The largest absolute Gasteiger partial charge is 0.467 e. The van der Waals surface area contributed by atoms with Crippen LogP contribution in [0.1, 0.15) is 44.2 Å². The topological polar surface area (TPSA) is 143 Å². The van der Waals surface area contributed by atoms with Gasteiger partial charge < -0.3 is 30.3 Å². The maximum atomic E-state index is 13.0. The molecular formula is C32H41BrN4O7. The number of carbonyl (C=O) groups is 5. The second kappa shape index (κ2) is 17.4. The van der Waals surface area contributed by atoms with Crippen molar-refractivity contribution in [1.82, 2.24) is 20.9 Å². The van der Waals surface area contributed by atoms with Crippen molar-refractivity contribution >= 4 is 45.7 Å². The summed E-state index contributed by atoms with van der Waals surface area (Å²) >= 11 is 3.08. The van der Waals surface area contributed by atoms with Crippen molar-refractivity contribution in [2.75, 3.05) is 25.5 Å². The Balaban J connectivity index is 1.50. The van der Waals surface area contributed by atoms with Gasteiger partial charge in [-0.1, -0.05) is 72.2 Å². The molecule has 4 amide bonds. The molecular weight excluding hydrogens is 632 g/mol. The first-order chi connectivity index (χ1) is 21.1. The van der Waals surface area contributed by atoms with Gasteiger partial charge in [0, 0.05) is 25.6 Å². The van der Waals surface area contributed by atoms with Crippen molar-refractivity contribution in [2.45, 2.75) is 64.1 Å². The molecule has 2 aromatic rings. The molecule has 44 heavy (non-hydrogen) atoms. The summed E-state index contributed by atoms with van der Waals surface area (Å²) in [6.45, 7) is 4.79. The van der Waals surface area contributed by atoms with E-state index in [1.807, 2.05) is 44.2 Å². The van der Waals surface area contributed by atoms with Gasteiger partial charge >= 0.3 is 12.1 Å². The molecule has 1 aliphatic heterocycles. The fourth-order valence-corrected chi connectivity index (χ4v) is 5.07. The molecule has 1 aliphatic rings. The number of rotatable bonds is 13. The summed E-state index contributed by atoms with van der Waals surface area (Å²) < 4.78 is 10.5. The average Bonchev–Trinajstić information content (AvgIpc) is 3.01. The van der Waals surface area contributed by atoms with Crippen LogP contribution in [-0.2, 0) is 36.8 Å². The van der Waals surface area contributed by atoms with Crippen LogP contribution in [0, 0.1) is 5.92 Å². The third kappa shape index (κ3) is 11.3. The standard InChI is InChI=1S/C32H41BrN4O7/c1-21(2)17-26(35-29(39)20-33)30(40)36-27(31(41)43-3)18-23-9-11-25(12-10-23)44-32(42)37-15-13-24(14-16-37)34-28(38)19-22-7-5-4-6-8-22/h4-12,21,24,26-27H,13-20H2,1-3H3,(H,34,38)(H,35,39)(H,36,40)/t26-,27-/m0/s1. The maximum absolute atomic E-state index is 13.0. The molecule has 0 aromatic heterocycles. The lowest BCUT2D eigenvalue weighted by atomic mass is 10.0. The molecule has 3 N–H and O–H groups in total. The maximum Gasteiger partial charge on any atom is 0.415 e. The Hall–Kier alpha value is -3.93. The summed E-state index contributed by atoms with van der Waals surface area (Å²) in [6, 6.07) is 14.4. The lowest BCUT2D eigenvalue weighted by Crippen LogP contribution is -2.53. The minimum absolute atomic E-state index is 0.000818. The third-order valence-electron chi connectivity index (χ3n) is 7.18. The number of hydrogen-bond acceptors (Lipinski definition) is 7. The molecule has 1 fully saturated rings. The molecule has 2 atom stereocenters. The van der Waals surface area contributed by atoms with E-state index in [9.17, 15) is 24.0 Å². The summed E-state index contributed by atoms with van der Waals surface area (Å²) in [5.74, 6) is -1.00. The Bertz CT molecular complexity index is 1270. The van der Waals surface area contributed by atoms with Gasteiger partial charge in [0.15, 0.2) is 0 Å². The lowest BCUT2D eigenvalue weighted by molar-refractivity contribution is -0.145. The average molecular weight is 674 g/mol. The Morgan fingerprint density at radius 3 is 2.14 bits per heavy atom. The number of hydrogen-bond donors (Lipinski definition) is 3. The van der Waals surface area contributed by atoms with E-state index < -0.39 is 30.1 Å². The fraction of sp³-hybridized carbons (Fsp3) is 0.469. The molecule has 12 heteroatoms. The van der Waals surface area contributed by atoms with Crippen LogP contribution < -0.4 is 20.7 Å². The summed E-state index contributed by atoms with van der Waals surface area (Å²) in [5, 5.41) is 8.48. The quantitative estimate of drug-likeness (QED) is 0.219. The number of nitrogens with one attached hydrogen (secondary N) is 3. The summed E-state index contributed by atoms with van der Waals surface area (Å²) in [6.07, 6.45) is 1.64. The number of carbonyl (C=O) groups excluding carboxylic acids is 5. The zero-order valence-electron chi connectivity index (χ0n) is 25.3. The van der Waals surface area contributed by atoms with Gasteiger partial charge in [-0.25, -0.2) is 9.59 Å². The minimum atomic E-state index is -0.981. The van der Waals surface area contributed by atoms with E-state index in [4.69, 9.17) is 9.47 Å². The van der Waals surface area contributed by atoms with Crippen LogP contribution in [0.5, 0.6) is 5.75 Å². The summed E-state index contributed by atoms with van der Waals surface area (Å²) in [7, 11) is 1.24. The van der Waals surface area contributed by atoms with Gasteiger partial charge in [0.1, 0.15) is 17.8 Å². The molecule has 0 bridgehead atoms. The molecule has 238 valence electrons. The molecule has 0 aliphatic carbocycles. The highest BCUT2D eigenvalue weighted by atomic mass is 79.9. The van der Waals surface area contributed by atoms with Gasteiger partial charge in [-0.2, -0.15) is 0 Å². The molecule has 1 heterocycles. The third-order valence-corrected chi connectivity index (χ3v) is 7.69. The Morgan fingerprint density at radius 1 is 0.886 bits per heavy atom. The number of benzene rings is 2. The van der Waals surface area contributed by atoms with Gasteiger partial charge in [0.2, 0.25) is 17.7 Å². The van der Waals surface area contributed by atoms with Crippen LogP contribution in [0.4, 0.5) is 4.79 Å². The monoisotopic (exact) mass is 672 g/mol. The van der Waals surface area contributed by atoms with Crippen LogP contribution in [0.15, 0.2) is 54.6 Å². The molecule has 1 saturated heterocycles. The van der Waals surface area contributed by atoms with E-state index in [0.29, 0.717) is 50.1 Å². The number of nitrogens with zero attached hydrogens (tertiary/aromatic N) is 1. The Kier molecular flexibility index (Phi) is 13.7. The molecule has 3 rings (SSSR count). The smallest absolute Gasteiger partial charge is 0.415 e. The summed E-state index contributed by atoms with van der Waals surface area (Å²) in [5.41, 5.74) is 1.66. The second-order valence-electron chi connectivity index (χ2n) is 11.2. The highest BCUT2D eigenvalue weighted by molar-refractivity contribution is 9.09. The van der Waals surface area contributed by atoms with E-state index in [1.54, 1.807) is 29.2 Å². The summed E-state index contributed by atoms with van der Waals surface area (Å²) in [4.78, 5) is 64.1. The zero-order chi connectivity index (χ0) is 32.1. The second-order valence-corrected chi connectivity index (χ2v) is 11.7. The number of esters is 1. The Labute approximate surface area is 266 Å². The van der Waals surface area contributed by atoms with E-state index in [1.165, 1.54) is 7.11 Å². The van der Waals surface area contributed by atoms with E-state index in [-0.39, 0.29) is 35.5 Å². The highest BCUT2D eigenvalue weighted by Crippen LogP contribution is 2.18. The number of amides is 4. The van der Waals surface area contributed by atoms with Crippen LogP contribution in [-0.4, -0.2) is 78.3 Å². The van der Waals surface area contributed by atoms with Gasteiger partial charge in [0.05, 0.1) is 18.9 Å². The van der Waals surface area contributed by atoms with Gasteiger partial charge in [0.25, 0.3) is 0 Å². The van der Waals surface area contributed by atoms with Gasteiger partial charge in [-0.15, -0.1) is 0 Å². The van der Waals surface area contributed by atoms with E-state index >= 15 is 0 Å². The van der Waals surface area contributed by atoms with Crippen LogP contribution in [0.25, 0.3) is 0 Å². The van der Waals surface area contributed by atoms with Crippen molar-refractivity contribution in [1.29, 1.82) is 0 Å². The molecule has 11 nitrogen and oxygen atoms in total. The first-order valence-corrected chi connectivity index (χ1v) is 15.8. The van der Waals surface area contributed by atoms with E-state index in [0.717, 1.165) is 5.56 Å². The molecule has 0 spiro atoms. The van der Waals surface area contributed by atoms with Crippen molar-refractivity contribution in [3.63, 3.8) is 0 Å². The number of piperidine rings is 1. The molecule has 2 aromatic carbocycles. The van der Waals surface area contributed by atoms with Crippen molar-refractivity contribution < 1.29 is 33.4 Å². The molecule has 0 unspecified atom stereocenters. The van der Waals surface area contributed by atoms with Gasteiger partial charge in [-0.05, 0) is 48.4 Å². The van der Waals surface area contributed by atoms with Crippen LogP contribution in [0.2, 0.25) is 0 Å². The fourth-order valence-electron chi connectivity index (χ4n) is 4.90. The van der Waals surface area contributed by atoms with Crippen molar-refractivity contribution in [3.8, 4) is 5.75 Å². The predicted molar refractivity (Wildman–Crippen MR) is 168 cm³/mol. The first-order valence-electron chi connectivity index (χ1n) is 14.7. The number of ether oxygens (including phenoxy) is 2. The highest BCUT2D eigenvalue weighted by Gasteiger charge is 2.28. The number of likely N-dealkylation sites (tertiary alicyclic amines) is 1. The van der Waals surface area contributed by atoms with E-state index in [2.05, 4.69) is 31.9 Å². The lowest BCUT2D eigenvalue weighted by Gasteiger charge is -2.31.